The van der Waals surface area contributed by atoms with Crippen LogP contribution in [0.5, 0.6) is 5.75 Å². The molecule has 0 aliphatic carbocycles. The van der Waals surface area contributed by atoms with E-state index in [9.17, 15) is 14.0 Å². The standard InChI is InChI=1S/C11H9FN2O3/c12-9-1-2-10(8(5-9)6-15)17-7-11(16)14-4-3-13/h1-2,5-6H,4,7H2,(H,14,16). The van der Waals surface area contributed by atoms with Crippen molar-refractivity contribution in [3.05, 3.63) is 29.6 Å². The average molecular weight is 236 g/mol. The van der Waals surface area contributed by atoms with Gasteiger partial charge < -0.3 is 10.1 Å². The van der Waals surface area contributed by atoms with Gasteiger partial charge in [0.1, 0.15) is 18.1 Å². The van der Waals surface area contributed by atoms with Gasteiger partial charge in [-0.05, 0) is 18.2 Å². The summed E-state index contributed by atoms with van der Waals surface area (Å²) in [4.78, 5) is 21.7. The minimum atomic E-state index is -0.562. The number of benzene rings is 1. The van der Waals surface area contributed by atoms with E-state index < -0.39 is 11.7 Å². The first-order chi connectivity index (χ1) is 8.17. The first-order valence-electron chi connectivity index (χ1n) is 4.68. The first-order valence-corrected chi connectivity index (χ1v) is 4.68. The molecule has 88 valence electrons. The summed E-state index contributed by atoms with van der Waals surface area (Å²) in [7, 11) is 0. The summed E-state index contributed by atoms with van der Waals surface area (Å²) in [6, 6.07) is 5.12. The summed E-state index contributed by atoms with van der Waals surface area (Å²) in [6.45, 7) is -0.458. The highest BCUT2D eigenvalue weighted by atomic mass is 19.1. The Bertz CT molecular complexity index is 468. The van der Waals surface area contributed by atoms with E-state index in [1.807, 2.05) is 0 Å². The van der Waals surface area contributed by atoms with Crippen molar-refractivity contribution in [3.63, 3.8) is 0 Å². The van der Waals surface area contributed by atoms with Gasteiger partial charge >= 0.3 is 0 Å². The third-order valence-electron chi connectivity index (χ3n) is 1.82. The van der Waals surface area contributed by atoms with Crippen molar-refractivity contribution in [1.29, 1.82) is 5.26 Å². The molecule has 0 spiro atoms. The summed E-state index contributed by atoms with van der Waals surface area (Å²) in [5, 5.41) is 10.5. The van der Waals surface area contributed by atoms with E-state index in [0.717, 1.165) is 12.1 Å². The van der Waals surface area contributed by atoms with Crippen molar-refractivity contribution in [3.8, 4) is 11.8 Å². The van der Waals surface area contributed by atoms with Crippen molar-refractivity contribution in [2.75, 3.05) is 13.2 Å². The maximum Gasteiger partial charge on any atom is 0.258 e. The number of carbonyl (C=O) groups is 2. The van der Waals surface area contributed by atoms with Crippen LogP contribution < -0.4 is 10.1 Å². The van der Waals surface area contributed by atoms with Crippen molar-refractivity contribution < 1.29 is 18.7 Å². The molecule has 0 fully saturated rings. The number of nitriles is 1. The van der Waals surface area contributed by atoms with E-state index in [1.54, 1.807) is 6.07 Å². The van der Waals surface area contributed by atoms with E-state index in [1.165, 1.54) is 6.07 Å². The maximum atomic E-state index is 12.8. The zero-order chi connectivity index (χ0) is 12.7. The minimum absolute atomic E-state index is 0.0260. The van der Waals surface area contributed by atoms with Crippen molar-refractivity contribution >= 4 is 12.2 Å². The fraction of sp³-hybridized carbons (Fsp3) is 0.182. The number of aldehydes is 1. The monoisotopic (exact) mass is 236 g/mol. The molecule has 0 aliphatic rings. The van der Waals surface area contributed by atoms with Crippen LogP contribution in [-0.2, 0) is 4.79 Å². The van der Waals surface area contributed by atoms with Crippen LogP contribution in [0.1, 0.15) is 10.4 Å². The highest BCUT2D eigenvalue weighted by Crippen LogP contribution is 2.17. The number of carbonyl (C=O) groups excluding carboxylic acids is 2. The molecule has 0 aromatic heterocycles. The number of nitrogens with one attached hydrogen (secondary N) is 1. The lowest BCUT2D eigenvalue weighted by Crippen LogP contribution is -2.29. The number of hydrogen-bond donors (Lipinski definition) is 1. The zero-order valence-electron chi connectivity index (χ0n) is 8.77. The highest BCUT2D eigenvalue weighted by Gasteiger charge is 2.07. The van der Waals surface area contributed by atoms with Gasteiger partial charge in [-0.25, -0.2) is 4.39 Å². The lowest BCUT2D eigenvalue weighted by Gasteiger charge is -2.07. The van der Waals surface area contributed by atoms with Gasteiger partial charge in [0.05, 0.1) is 11.6 Å². The normalized spacial score (nSPS) is 9.18. The van der Waals surface area contributed by atoms with Crippen molar-refractivity contribution in [2.24, 2.45) is 0 Å². The Morgan fingerprint density at radius 3 is 3.00 bits per heavy atom. The molecule has 5 nitrogen and oxygen atoms in total. The SMILES string of the molecule is N#CCNC(=O)COc1ccc(F)cc1C=O. The molecule has 0 bridgehead atoms. The molecule has 0 heterocycles. The van der Waals surface area contributed by atoms with Crippen LogP contribution in [0.15, 0.2) is 18.2 Å². The van der Waals surface area contributed by atoms with Crippen LogP contribution in [0.4, 0.5) is 4.39 Å². The molecular weight excluding hydrogens is 227 g/mol. The van der Waals surface area contributed by atoms with E-state index in [0.29, 0.717) is 6.29 Å². The minimum Gasteiger partial charge on any atom is -0.483 e. The second-order valence-electron chi connectivity index (χ2n) is 3.02. The molecule has 1 amide bonds. The number of halogens is 1. The van der Waals surface area contributed by atoms with E-state index in [2.05, 4.69) is 5.32 Å². The molecule has 0 atom stereocenters. The molecule has 1 aromatic rings. The predicted molar refractivity (Wildman–Crippen MR) is 55.9 cm³/mol. The van der Waals surface area contributed by atoms with Crippen LogP contribution in [0.3, 0.4) is 0 Å². The number of ether oxygens (including phenoxy) is 1. The van der Waals surface area contributed by atoms with Gasteiger partial charge in [-0.2, -0.15) is 5.26 Å². The van der Waals surface area contributed by atoms with Crippen LogP contribution in [-0.4, -0.2) is 25.3 Å². The van der Waals surface area contributed by atoms with E-state index in [-0.39, 0.29) is 24.5 Å². The van der Waals surface area contributed by atoms with Gasteiger partial charge in [0, 0.05) is 0 Å². The van der Waals surface area contributed by atoms with E-state index in [4.69, 9.17) is 10.00 Å². The van der Waals surface area contributed by atoms with Gasteiger partial charge in [-0.3, -0.25) is 9.59 Å². The molecule has 17 heavy (non-hydrogen) atoms. The van der Waals surface area contributed by atoms with Gasteiger partial charge in [-0.1, -0.05) is 0 Å². The topological polar surface area (TPSA) is 79.2 Å². The fourth-order valence-electron chi connectivity index (χ4n) is 1.08. The smallest absolute Gasteiger partial charge is 0.258 e. The largest absolute Gasteiger partial charge is 0.483 e. The van der Waals surface area contributed by atoms with Gasteiger partial charge in [0.2, 0.25) is 0 Å². The summed E-state index contributed by atoms with van der Waals surface area (Å²) < 4.78 is 17.8. The summed E-state index contributed by atoms with van der Waals surface area (Å²) in [5.41, 5.74) is 0.0260. The fourth-order valence-corrected chi connectivity index (χ4v) is 1.08. The molecule has 0 saturated heterocycles. The van der Waals surface area contributed by atoms with Crippen molar-refractivity contribution in [2.45, 2.75) is 0 Å². The van der Waals surface area contributed by atoms with E-state index >= 15 is 0 Å². The van der Waals surface area contributed by atoms with Gasteiger partial charge in [0.25, 0.3) is 5.91 Å². The molecular formula is C11H9FN2O3. The Morgan fingerprint density at radius 1 is 1.59 bits per heavy atom. The first kappa shape index (κ1) is 12.6. The number of nitrogens with zero attached hydrogens (tertiary/aromatic N) is 1. The van der Waals surface area contributed by atoms with Crippen LogP contribution in [0, 0.1) is 17.1 Å². The predicted octanol–water partition coefficient (Wildman–Crippen LogP) is 0.657. The quantitative estimate of drug-likeness (QED) is 0.601. The average Bonchev–Trinajstić information content (AvgIpc) is 2.34. The summed E-state index contributed by atoms with van der Waals surface area (Å²) in [5.74, 6) is -0.936. The van der Waals surface area contributed by atoms with Gasteiger partial charge in [-0.15, -0.1) is 0 Å². The Hall–Kier alpha value is -2.42. The van der Waals surface area contributed by atoms with Crippen molar-refractivity contribution in [1.82, 2.24) is 5.32 Å². The molecule has 1 rings (SSSR count). The second-order valence-corrected chi connectivity index (χ2v) is 3.02. The molecule has 1 N–H and O–H groups in total. The molecule has 0 aliphatic heterocycles. The summed E-state index contributed by atoms with van der Waals surface area (Å²) in [6.07, 6.45) is 0.436. The number of rotatable bonds is 5. The third-order valence-corrected chi connectivity index (χ3v) is 1.82. The molecule has 1 aromatic carbocycles. The Morgan fingerprint density at radius 2 is 2.35 bits per heavy atom. The molecule has 0 unspecified atom stereocenters. The van der Waals surface area contributed by atoms with Crippen LogP contribution >= 0.6 is 0 Å². The highest BCUT2D eigenvalue weighted by molar-refractivity contribution is 5.80. The Labute approximate surface area is 96.8 Å². The van der Waals surface area contributed by atoms with Crippen LogP contribution in [0.25, 0.3) is 0 Å². The Balaban J connectivity index is 2.60. The lowest BCUT2D eigenvalue weighted by atomic mass is 10.2. The Kier molecular flexibility index (Phi) is 4.63. The number of amides is 1. The van der Waals surface area contributed by atoms with Gasteiger partial charge in [0.15, 0.2) is 12.9 Å². The second kappa shape index (κ2) is 6.23. The molecule has 0 radical (unpaired) electrons. The zero-order valence-corrected chi connectivity index (χ0v) is 8.77. The molecule has 6 heteroatoms. The lowest BCUT2D eigenvalue weighted by molar-refractivity contribution is -0.122. The maximum absolute atomic E-state index is 12.8. The molecule has 0 saturated carbocycles. The van der Waals surface area contributed by atoms with Crippen LogP contribution in [0.2, 0.25) is 0 Å². The summed E-state index contributed by atoms with van der Waals surface area (Å²) >= 11 is 0. The number of hydrogen-bond acceptors (Lipinski definition) is 4. The third kappa shape index (κ3) is 3.91.